The van der Waals surface area contributed by atoms with Crippen molar-refractivity contribution in [3.05, 3.63) is 0 Å². The number of hydrogen-bond donors (Lipinski definition) is 1. The van der Waals surface area contributed by atoms with E-state index in [1.807, 2.05) is 0 Å². The summed E-state index contributed by atoms with van der Waals surface area (Å²) < 4.78 is 21.6. The summed E-state index contributed by atoms with van der Waals surface area (Å²) in [5.41, 5.74) is 0. The van der Waals surface area contributed by atoms with E-state index in [0.717, 1.165) is 5.06 Å². The van der Waals surface area contributed by atoms with E-state index in [-0.39, 0.29) is 17.5 Å². The quantitative estimate of drug-likeness (QED) is 0.532. The summed E-state index contributed by atoms with van der Waals surface area (Å²) in [5, 5.41) is 9.83. The highest BCUT2D eigenvalue weighted by Gasteiger charge is 2.29. The van der Waals surface area contributed by atoms with Crippen molar-refractivity contribution in [3.63, 3.8) is 0 Å². The molecule has 1 heterocycles. The van der Waals surface area contributed by atoms with E-state index in [2.05, 4.69) is 0 Å². The molecule has 0 aromatic rings. The largest absolute Gasteiger partial charge is 0.314 e. The van der Waals surface area contributed by atoms with Gasteiger partial charge in [-0.05, 0) is 6.42 Å². The number of sulfone groups is 1. The molecule has 1 saturated heterocycles. The first kappa shape index (κ1) is 7.97. The Kier molecular flexibility index (Phi) is 1.98. The van der Waals surface area contributed by atoms with Crippen molar-refractivity contribution in [1.82, 2.24) is 5.06 Å². The molecule has 1 aliphatic heterocycles. The summed E-state index contributed by atoms with van der Waals surface area (Å²) in [6.45, 7) is 0. The van der Waals surface area contributed by atoms with Crippen LogP contribution in [0.25, 0.3) is 0 Å². The Morgan fingerprint density at radius 3 is 2.40 bits per heavy atom. The number of hydroxylamine groups is 2. The molecule has 1 unspecified atom stereocenters. The Morgan fingerprint density at radius 2 is 2.20 bits per heavy atom. The number of nitrogens with zero attached hydrogens (tertiary/aromatic N) is 1. The van der Waals surface area contributed by atoms with Crippen LogP contribution in [0.3, 0.4) is 0 Å². The van der Waals surface area contributed by atoms with Crippen LogP contribution in [0.1, 0.15) is 6.42 Å². The lowest BCUT2D eigenvalue weighted by Crippen LogP contribution is -2.29. The lowest BCUT2D eigenvalue weighted by molar-refractivity contribution is -0.0942. The predicted octanol–water partition coefficient (Wildman–Crippen LogP) is -0.505. The maximum atomic E-state index is 10.8. The Hall–Kier alpha value is -0.130. The molecule has 0 saturated carbocycles. The zero-order chi connectivity index (χ0) is 7.78. The van der Waals surface area contributed by atoms with Gasteiger partial charge in [0, 0.05) is 13.1 Å². The van der Waals surface area contributed by atoms with Crippen LogP contribution in [-0.2, 0) is 9.84 Å². The fourth-order valence-corrected chi connectivity index (χ4v) is 2.84. The van der Waals surface area contributed by atoms with Gasteiger partial charge in [-0.2, -0.15) is 5.06 Å². The maximum absolute atomic E-state index is 10.8. The topological polar surface area (TPSA) is 57.6 Å². The lowest BCUT2D eigenvalue weighted by atomic mass is 10.3. The number of rotatable bonds is 1. The van der Waals surface area contributed by atoms with E-state index < -0.39 is 9.84 Å². The molecule has 1 aliphatic rings. The third kappa shape index (κ3) is 1.68. The molecular formula is C5H11NO3S. The third-order valence-electron chi connectivity index (χ3n) is 1.74. The molecule has 0 radical (unpaired) electrons. The van der Waals surface area contributed by atoms with E-state index >= 15 is 0 Å². The van der Waals surface area contributed by atoms with Gasteiger partial charge in [0.25, 0.3) is 0 Å². The summed E-state index contributed by atoms with van der Waals surface area (Å²) in [7, 11) is -1.36. The Bertz CT molecular complexity index is 209. The SMILES string of the molecule is CN(O)C1CCS(=O)(=O)C1. The highest BCUT2D eigenvalue weighted by Crippen LogP contribution is 2.14. The smallest absolute Gasteiger partial charge is 0.152 e. The Labute approximate surface area is 60.3 Å². The first-order valence-electron chi connectivity index (χ1n) is 3.13. The van der Waals surface area contributed by atoms with Gasteiger partial charge in [0.2, 0.25) is 0 Å². The minimum atomic E-state index is -2.84. The summed E-state index contributed by atoms with van der Waals surface area (Å²) in [4.78, 5) is 0. The van der Waals surface area contributed by atoms with Crippen LogP contribution in [-0.4, -0.2) is 43.3 Å². The lowest BCUT2D eigenvalue weighted by Gasteiger charge is -2.13. The zero-order valence-electron chi connectivity index (χ0n) is 5.82. The van der Waals surface area contributed by atoms with Crippen molar-refractivity contribution >= 4 is 9.84 Å². The molecule has 0 bridgehead atoms. The molecule has 0 aliphatic carbocycles. The van der Waals surface area contributed by atoms with Crippen molar-refractivity contribution in [3.8, 4) is 0 Å². The van der Waals surface area contributed by atoms with E-state index in [1.165, 1.54) is 7.05 Å². The molecule has 1 fully saturated rings. The first-order valence-corrected chi connectivity index (χ1v) is 4.95. The van der Waals surface area contributed by atoms with Crippen molar-refractivity contribution in [2.75, 3.05) is 18.6 Å². The van der Waals surface area contributed by atoms with E-state index in [0.29, 0.717) is 6.42 Å². The van der Waals surface area contributed by atoms with Gasteiger partial charge < -0.3 is 5.21 Å². The highest BCUT2D eigenvalue weighted by atomic mass is 32.2. The minimum Gasteiger partial charge on any atom is -0.314 e. The van der Waals surface area contributed by atoms with Crippen molar-refractivity contribution in [1.29, 1.82) is 0 Å². The normalized spacial score (nSPS) is 31.3. The second-order valence-corrected chi connectivity index (χ2v) is 4.86. The van der Waals surface area contributed by atoms with Crippen LogP contribution in [0, 0.1) is 0 Å². The molecule has 0 amide bonds. The van der Waals surface area contributed by atoms with E-state index in [4.69, 9.17) is 5.21 Å². The molecule has 1 N–H and O–H groups in total. The molecule has 0 aromatic carbocycles. The van der Waals surface area contributed by atoms with Crippen molar-refractivity contribution in [2.45, 2.75) is 12.5 Å². The van der Waals surface area contributed by atoms with Gasteiger partial charge in [0.05, 0.1) is 11.5 Å². The van der Waals surface area contributed by atoms with Crippen LogP contribution >= 0.6 is 0 Å². The van der Waals surface area contributed by atoms with Gasteiger partial charge in [-0.25, -0.2) is 8.42 Å². The Morgan fingerprint density at radius 1 is 1.60 bits per heavy atom. The van der Waals surface area contributed by atoms with Gasteiger partial charge in [0.1, 0.15) is 0 Å². The van der Waals surface area contributed by atoms with Crippen LogP contribution in [0.5, 0.6) is 0 Å². The second-order valence-electron chi connectivity index (χ2n) is 2.63. The molecule has 5 heteroatoms. The minimum absolute atomic E-state index is 0.0972. The van der Waals surface area contributed by atoms with E-state index in [9.17, 15) is 8.42 Å². The van der Waals surface area contributed by atoms with Gasteiger partial charge in [-0.3, -0.25) is 0 Å². The molecule has 0 spiro atoms. The standard InChI is InChI=1S/C5H11NO3S/c1-6(7)5-2-3-10(8,9)4-5/h5,7H,2-4H2,1H3. The van der Waals surface area contributed by atoms with Crippen LogP contribution in [0.2, 0.25) is 0 Å². The molecule has 0 aromatic heterocycles. The molecule has 4 nitrogen and oxygen atoms in total. The molecule has 60 valence electrons. The second kappa shape index (κ2) is 2.48. The molecular weight excluding hydrogens is 154 g/mol. The van der Waals surface area contributed by atoms with Crippen LogP contribution in [0.4, 0.5) is 0 Å². The summed E-state index contributed by atoms with van der Waals surface area (Å²) in [6, 6.07) is -0.190. The maximum Gasteiger partial charge on any atom is 0.152 e. The fraction of sp³-hybridized carbons (Fsp3) is 1.00. The Balaban J connectivity index is 2.60. The fourth-order valence-electron chi connectivity index (χ4n) is 1.07. The van der Waals surface area contributed by atoms with Crippen molar-refractivity contribution in [2.24, 2.45) is 0 Å². The van der Waals surface area contributed by atoms with Gasteiger partial charge in [-0.1, -0.05) is 0 Å². The van der Waals surface area contributed by atoms with Gasteiger partial charge in [0.15, 0.2) is 9.84 Å². The van der Waals surface area contributed by atoms with Gasteiger partial charge >= 0.3 is 0 Å². The summed E-state index contributed by atoms with van der Waals surface area (Å²) in [5.74, 6) is 0.308. The first-order chi connectivity index (χ1) is 4.51. The number of hydrogen-bond acceptors (Lipinski definition) is 4. The molecule has 1 rings (SSSR count). The van der Waals surface area contributed by atoms with E-state index in [1.54, 1.807) is 0 Å². The third-order valence-corrected chi connectivity index (χ3v) is 3.49. The van der Waals surface area contributed by atoms with Crippen molar-refractivity contribution < 1.29 is 13.6 Å². The predicted molar refractivity (Wildman–Crippen MR) is 36.6 cm³/mol. The highest BCUT2D eigenvalue weighted by molar-refractivity contribution is 7.91. The summed E-state index contributed by atoms with van der Waals surface area (Å²) in [6.07, 6.45) is 0.551. The zero-order valence-corrected chi connectivity index (χ0v) is 6.63. The van der Waals surface area contributed by atoms with Crippen LogP contribution < -0.4 is 0 Å². The monoisotopic (exact) mass is 165 g/mol. The average molecular weight is 165 g/mol. The van der Waals surface area contributed by atoms with Gasteiger partial charge in [-0.15, -0.1) is 0 Å². The summed E-state index contributed by atoms with van der Waals surface area (Å²) >= 11 is 0. The molecule has 1 atom stereocenters. The van der Waals surface area contributed by atoms with Crippen LogP contribution in [0.15, 0.2) is 0 Å². The average Bonchev–Trinajstić information content (AvgIpc) is 2.10. The molecule has 10 heavy (non-hydrogen) atoms.